The Labute approximate surface area is 167 Å². The Kier molecular flexibility index (Phi) is 7.27. The molecule has 0 saturated carbocycles. The van der Waals surface area contributed by atoms with Crippen molar-refractivity contribution in [2.45, 2.75) is 25.3 Å². The van der Waals surface area contributed by atoms with Crippen LogP contribution >= 0.6 is 11.6 Å². The molecule has 0 saturated heterocycles. The van der Waals surface area contributed by atoms with Crippen LogP contribution in [-0.2, 0) is 16.3 Å². The van der Waals surface area contributed by atoms with Crippen LogP contribution in [0.1, 0.15) is 18.1 Å². The lowest BCUT2D eigenvalue weighted by atomic mass is 10.2. The lowest BCUT2D eigenvalue weighted by molar-refractivity contribution is 0.414. The van der Waals surface area contributed by atoms with E-state index in [1.54, 1.807) is 25.8 Å². The lowest BCUT2D eigenvalue weighted by Crippen LogP contribution is -2.14. The Morgan fingerprint density at radius 3 is 2.70 bits per heavy atom. The van der Waals surface area contributed by atoms with Crippen LogP contribution in [0.25, 0.3) is 0 Å². The molecule has 146 valence electrons. The molecule has 0 spiro atoms. The first-order chi connectivity index (χ1) is 12.8. The van der Waals surface area contributed by atoms with Crippen LogP contribution in [-0.4, -0.2) is 42.4 Å². The number of aryl methyl sites for hydroxylation is 1. The van der Waals surface area contributed by atoms with E-state index in [4.69, 9.17) is 16.3 Å². The van der Waals surface area contributed by atoms with Crippen LogP contribution in [0.5, 0.6) is 5.75 Å². The van der Waals surface area contributed by atoms with E-state index in [1.165, 1.54) is 0 Å². The standard InChI is InChI=1S/C20H26ClN3O2S/c1-6-24(3)14-22-19-10-15(2)20(12-18(19)21)27(5,25)23-13-16-8-7-9-17(11-16)26-4/h7-12,14H,6,13H2,1-5H3/b22-14-. The van der Waals surface area contributed by atoms with E-state index in [1.807, 2.05) is 56.1 Å². The molecular weight excluding hydrogens is 382 g/mol. The molecule has 2 rings (SSSR count). The summed E-state index contributed by atoms with van der Waals surface area (Å²) in [5.41, 5.74) is 2.45. The fraction of sp³-hybridized carbons (Fsp3) is 0.350. The molecule has 1 unspecified atom stereocenters. The third-order valence-corrected chi connectivity index (χ3v) is 6.35. The first kappa shape index (κ1) is 21.3. The smallest absolute Gasteiger partial charge is 0.119 e. The van der Waals surface area contributed by atoms with Gasteiger partial charge in [-0.15, -0.1) is 0 Å². The Balaban J connectivity index is 2.33. The van der Waals surface area contributed by atoms with Gasteiger partial charge < -0.3 is 9.64 Å². The fourth-order valence-corrected chi connectivity index (χ4v) is 4.24. The van der Waals surface area contributed by atoms with Crippen LogP contribution in [0, 0.1) is 6.92 Å². The van der Waals surface area contributed by atoms with Gasteiger partial charge in [-0.05, 0) is 49.2 Å². The molecule has 27 heavy (non-hydrogen) atoms. The van der Waals surface area contributed by atoms with Crippen molar-refractivity contribution in [2.75, 3.05) is 27.0 Å². The number of rotatable bonds is 7. The molecule has 0 N–H and O–H groups in total. The maximum absolute atomic E-state index is 13.2. The maximum atomic E-state index is 13.2. The molecule has 2 aromatic carbocycles. The highest BCUT2D eigenvalue weighted by atomic mass is 35.5. The van der Waals surface area contributed by atoms with E-state index in [2.05, 4.69) is 9.36 Å². The maximum Gasteiger partial charge on any atom is 0.119 e. The Morgan fingerprint density at radius 2 is 2.04 bits per heavy atom. The summed E-state index contributed by atoms with van der Waals surface area (Å²) in [4.78, 5) is 6.99. The summed E-state index contributed by atoms with van der Waals surface area (Å²) in [6, 6.07) is 11.1. The molecular formula is C20H26ClN3O2S. The largest absolute Gasteiger partial charge is 0.497 e. The van der Waals surface area contributed by atoms with Crippen LogP contribution in [0.2, 0.25) is 5.02 Å². The Bertz CT molecular complexity index is 950. The molecule has 0 radical (unpaired) electrons. The number of nitrogens with zero attached hydrogens (tertiary/aromatic N) is 3. The monoisotopic (exact) mass is 407 g/mol. The molecule has 0 aliphatic carbocycles. The van der Waals surface area contributed by atoms with Gasteiger partial charge in [0.1, 0.15) is 5.75 Å². The predicted octanol–water partition coefficient (Wildman–Crippen LogP) is 4.93. The topological polar surface area (TPSA) is 54.3 Å². The van der Waals surface area contributed by atoms with Crippen molar-refractivity contribution in [3.63, 3.8) is 0 Å². The van der Waals surface area contributed by atoms with Crippen molar-refractivity contribution in [3.05, 3.63) is 52.5 Å². The normalized spacial score (nSPS) is 13.4. The van der Waals surface area contributed by atoms with Gasteiger partial charge in [0, 0.05) is 19.8 Å². The molecule has 0 fully saturated rings. The Hall–Kier alpha value is -2.05. The minimum absolute atomic E-state index is 0.338. The highest BCUT2D eigenvalue weighted by Gasteiger charge is 2.13. The van der Waals surface area contributed by atoms with Gasteiger partial charge in [0.2, 0.25) is 0 Å². The van der Waals surface area contributed by atoms with E-state index in [0.29, 0.717) is 22.2 Å². The second kappa shape index (κ2) is 9.24. The molecule has 0 bridgehead atoms. The lowest BCUT2D eigenvalue weighted by Gasteiger charge is -2.12. The number of methoxy groups -OCH3 is 1. The summed E-state index contributed by atoms with van der Waals surface area (Å²) in [6.07, 6.45) is 3.37. The summed E-state index contributed by atoms with van der Waals surface area (Å²) in [6.45, 7) is 5.13. The summed E-state index contributed by atoms with van der Waals surface area (Å²) in [5.74, 6) is 0.754. The first-order valence-corrected chi connectivity index (χ1v) is 10.9. The van der Waals surface area contributed by atoms with Crippen LogP contribution in [0.4, 0.5) is 5.69 Å². The van der Waals surface area contributed by atoms with E-state index >= 15 is 0 Å². The van der Waals surface area contributed by atoms with Crippen LogP contribution in [0.3, 0.4) is 0 Å². The van der Waals surface area contributed by atoms with E-state index in [0.717, 1.165) is 23.4 Å². The highest BCUT2D eigenvalue weighted by molar-refractivity contribution is 7.93. The molecule has 0 aliphatic heterocycles. The van der Waals surface area contributed by atoms with Gasteiger partial charge in [-0.2, -0.15) is 0 Å². The first-order valence-electron chi connectivity index (χ1n) is 8.62. The molecule has 7 heteroatoms. The molecule has 0 aromatic heterocycles. The highest BCUT2D eigenvalue weighted by Crippen LogP contribution is 2.31. The SMILES string of the molecule is CCN(C)/C=N\c1cc(C)c(S(C)(=O)=NCc2cccc(OC)c2)cc1Cl. The summed E-state index contributed by atoms with van der Waals surface area (Å²) < 4.78 is 22.9. The minimum atomic E-state index is -2.60. The van der Waals surface area contributed by atoms with Gasteiger partial charge in [0.05, 0.1) is 45.3 Å². The minimum Gasteiger partial charge on any atom is -0.497 e. The third kappa shape index (κ3) is 5.71. The summed E-state index contributed by atoms with van der Waals surface area (Å²) in [7, 11) is 0.961. The Morgan fingerprint density at radius 1 is 1.30 bits per heavy atom. The third-order valence-electron chi connectivity index (χ3n) is 4.17. The zero-order valence-corrected chi connectivity index (χ0v) is 18.0. The van der Waals surface area contributed by atoms with Crippen molar-refractivity contribution in [1.82, 2.24) is 4.90 Å². The van der Waals surface area contributed by atoms with Gasteiger partial charge >= 0.3 is 0 Å². The van der Waals surface area contributed by atoms with E-state index in [9.17, 15) is 4.21 Å². The number of hydrogen-bond acceptors (Lipinski definition) is 4. The van der Waals surface area contributed by atoms with E-state index in [-0.39, 0.29) is 0 Å². The fourth-order valence-electron chi connectivity index (χ4n) is 2.44. The van der Waals surface area contributed by atoms with Crippen LogP contribution in [0.15, 0.2) is 50.6 Å². The van der Waals surface area contributed by atoms with Crippen molar-refractivity contribution in [2.24, 2.45) is 9.36 Å². The molecule has 2 aromatic rings. The predicted molar refractivity (Wildman–Crippen MR) is 114 cm³/mol. The molecule has 1 atom stereocenters. The summed E-state index contributed by atoms with van der Waals surface area (Å²) in [5, 5.41) is 0.461. The average Bonchev–Trinajstić information content (AvgIpc) is 2.66. The number of ether oxygens (including phenoxy) is 1. The number of halogens is 1. The molecule has 0 aliphatic rings. The van der Waals surface area contributed by atoms with Crippen molar-refractivity contribution in [3.8, 4) is 5.75 Å². The number of aliphatic imine (C=N–C) groups is 1. The van der Waals surface area contributed by atoms with Crippen LogP contribution < -0.4 is 4.74 Å². The molecule has 0 heterocycles. The zero-order valence-electron chi connectivity index (χ0n) is 16.4. The quantitative estimate of drug-likeness (QED) is 0.483. The van der Waals surface area contributed by atoms with Gasteiger partial charge in [-0.3, -0.25) is 0 Å². The second-order valence-corrected chi connectivity index (χ2v) is 9.04. The number of benzene rings is 2. The summed E-state index contributed by atoms with van der Waals surface area (Å²) >= 11 is 6.37. The van der Waals surface area contributed by atoms with Crippen molar-refractivity contribution < 1.29 is 8.95 Å². The van der Waals surface area contributed by atoms with Crippen molar-refractivity contribution in [1.29, 1.82) is 0 Å². The zero-order chi connectivity index (χ0) is 20.0. The van der Waals surface area contributed by atoms with Gasteiger partial charge in [-0.1, -0.05) is 23.7 Å². The second-order valence-electron chi connectivity index (χ2n) is 6.33. The van der Waals surface area contributed by atoms with Gasteiger partial charge in [-0.25, -0.2) is 13.6 Å². The van der Waals surface area contributed by atoms with E-state index < -0.39 is 9.73 Å². The van der Waals surface area contributed by atoms with Gasteiger partial charge in [0.25, 0.3) is 0 Å². The van der Waals surface area contributed by atoms with Crippen molar-refractivity contribution >= 4 is 33.4 Å². The molecule has 0 amide bonds. The molecule has 5 nitrogen and oxygen atoms in total. The number of hydrogen-bond donors (Lipinski definition) is 0. The van der Waals surface area contributed by atoms with Gasteiger partial charge in [0.15, 0.2) is 0 Å². The average molecular weight is 408 g/mol.